The van der Waals surface area contributed by atoms with Gasteiger partial charge in [-0.05, 0) is 37.1 Å². The maximum Gasteiger partial charge on any atom is 0.393 e. The molecule has 0 aromatic heterocycles. The summed E-state index contributed by atoms with van der Waals surface area (Å²) in [7, 11) is 0. The Labute approximate surface area is 108 Å². The number of aromatic hydroxyl groups is 1. The van der Waals surface area contributed by atoms with Crippen molar-refractivity contribution in [2.45, 2.75) is 25.6 Å². The first kappa shape index (κ1) is 14.1. The number of phenols is 1. The van der Waals surface area contributed by atoms with E-state index in [4.69, 9.17) is 0 Å². The van der Waals surface area contributed by atoms with Crippen LogP contribution in [0.5, 0.6) is 5.75 Å². The zero-order chi connectivity index (χ0) is 14.0. The van der Waals surface area contributed by atoms with Gasteiger partial charge in [-0.1, -0.05) is 0 Å². The molecule has 1 fully saturated rings. The van der Waals surface area contributed by atoms with E-state index in [1.54, 1.807) is 4.90 Å². The van der Waals surface area contributed by atoms with Crippen LogP contribution in [-0.4, -0.2) is 29.3 Å². The second-order valence-corrected chi connectivity index (χ2v) is 4.93. The molecular formula is C13H15F4NO. The second-order valence-electron chi connectivity index (χ2n) is 4.93. The monoisotopic (exact) mass is 277 g/mol. The van der Waals surface area contributed by atoms with Crippen molar-refractivity contribution < 1.29 is 22.7 Å². The van der Waals surface area contributed by atoms with E-state index in [2.05, 4.69) is 0 Å². The molecule has 0 radical (unpaired) electrons. The second kappa shape index (κ2) is 5.36. The lowest BCUT2D eigenvalue weighted by Gasteiger charge is -2.33. The Morgan fingerprint density at radius 3 is 2.63 bits per heavy atom. The van der Waals surface area contributed by atoms with E-state index in [1.807, 2.05) is 0 Å². The number of nitrogens with zero attached hydrogens (tertiary/aromatic N) is 1. The molecule has 1 unspecified atom stereocenters. The molecule has 106 valence electrons. The summed E-state index contributed by atoms with van der Waals surface area (Å²) in [4.78, 5) is 1.65. The van der Waals surface area contributed by atoms with Crippen molar-refractivity contribution in [3.63, 3.8) is 0 Å². The van der Waals surface area contributed by atoms with Gasteiger partial charge in [-0.15, -0.1) is 0 Å². The van der Waals surface area contributed by atoms with Gasteiger partial charge in [0, 0.05) is 19.2 Å². The van der Waals surface area contributed by atoms with Crippen LogP contribution in [0.15, 0.2) is 18.2 Å². The van der Waals surface area contributed by atoms with Gasteiger partial charge in [-0.25, -0.2) is 4.39 Å². The number of hydrogen-bond donors (Lipinski definition) is 1. The molecule has 1 N–H and O–H groups in total. The molecule has 1 heterocycles. The molecule has 6 heteroatoms. The molecule has 1 aromatic carbocycles. The van der Waals surface area contributed by atoms with Gasteiger partial charge in [0.25, 0.3) is 0 Å². The fourth-order valence-corrected chi connectivity index (χ4v) is 2.45. The van der Waals surface area contributed by atoms with Crippen molar-refractivity contribution in [1.82, 2.24) is 4.90 Å². The lowest BCUT2D eigenvalue weighted by molar-refractivity contribution is -0.187. The normalized spacial score (nSPS) is 21.6. The third-order valence-corrected chi connectivity index (χ3v) is 3.32. The highest BCUT2D eigenvalue weighted by Gasteiger charge is 2.41. The van der Waals surface area contributed by atoms with E-state index in [-0.39, 0.29) is 25.3 Å². The number of alkyl halides is 3. The Kier molecular flexibility index (Phi) is 3.99. The standard InChI is InChI=1S/C13H15F4NO/c14-11-4-9(5-12(19)6-11)7-18-3-1-2-10(8-18)13(15,16)17/h4-6,10,19H,1-3,7-8H2. The summed E-state index contributed by atoms with van der Waals surface area (Å²) in [6.45, 7) is 0.711. The molecule has 2 rings (SSSR count). The molecule has 1 saturated heterocycles. The largest absolute Gasteiger partial charge is 0.508 e. The van der Waals surface area contributed by atoms with E-state index in [0.717, 1.165) is 6.07 Å². The Bertz CT molecular complexity index is 427. The first-order valence-electron chi connectivity index (χ1n) is 6.12. The summed E-state index contributed by atoms with van der Waals surface area (Å²) >= 11 is 0. The summed E-state index contributed by atoms with van der Waals surface area (Å²) in [6.07, 6.45) is -3.55. The SMILES string of the molecule is Oc1cc(F)cc(CN2CCCC(C(F)(F)F)C2)c1. The molecule has 1 aliphatic heterocycles. The maximum absolute atomic E-state index is 13.1. The van der Waals surface area contributed by atoms with Gasteiger partial charge in [0.05, 0.1) is 5.92 Å². The average Bonchev–Trinajstić information content (AvgIpc) is 2.26. The lowest BCUT2D eigenvalue weighted by Crippen LogP contribution is -2.41. The number of phenolic OH excluding ortho intramolecular Hbond substituents is 1. The van der Waals surface area contributed by atoms with E-state index in [9.17, 15) is 22.7 Å². The molecule has 1 aliphatic rings. The van der Waals surface area contributed by atoms with Gasteiger partial charge in [-0.3, -0.25) is 4.90 Å². The summed E-state index contributed by atoms with van der Waals surface area (Å²) in [5.74, 6) is -2.11. The van der Waals surface area contributed by atoms with Crippen LogP contribution in [0.2, 0.25) is 0 Å². The third kappa shape index (κ3) is 3.83. The fraction of sp³-hybridized carbons (Fsp3) is 0.538. The van der Waals surface area contributed by atoms with Crippen molar-refractivity contribution >= 4 is 0 Å². The molecule has 0 spiro atoms. The highest BCUT2D eigenvalue weighted by atomic mass is 19.4. The van der Waals surface area contributed by atoms with Crippen LogP contribution in [0.3, 0.4) is 0 Å². The molecule has 19 heavy (non-hydrogen) atoms. The molecule has 1 aromatic rings. The van der Waals surface area contributed by atoms with Crippen molar-refractivity contribution in [3.05, 3.63) is 29.6 Å². The lowest BCUT2D eigenvalue weighted by atomic mass is 9.97. The van der Waals surface area contributed by atoms with Gasteiger partial charge >= 0.3 is 6.18 Å². The summed E-state index contributed by atoms with van der Waals surface area (Å²) in [5.41, 5.74) is 0.486. The molecule has 0 bridgehead atoms. The predicted molar refractivity (Wildman–Crippen MR) is 62.1 cm³/mol. The number of benzene rings is 1. The molecule has 2 nitrogen and oxygen atoms in total. The Morgan fingerprint density at radius 1 is 1.26 bits per heavy atom. The highest BCUT2D eigenvalue weighted by Crippen LogP contribution is 2.33. The van der Waals surface area contributed by atoms with Crippen LogP contribution >= 0.6 is 0 Å². The Hall–Kier alpha value is -1.30. The number of hydrogen-bond acceptors (Lipinski definition) is 2. The summed E-state index contributed by atoms with van der Waals surface area (Å²) in [6, 6.07) is 3.58. The number of rotatable bonds is 2. The number of piperidine rings is 1. The Morgan fingerprint density at radius 2 is 2.00 bits per heavy atom. The maximum atomic E-state index is 13.1. The van der Waals surface area contributed by atoms with Crippen molar-refractivity contribution in [2.24, 2.45) is 5.92 Å². The molecule has 1 atom stereocenters. The average molecular weight is 277 g/mol. The van der Waals surface area contributed by atoms with Gasteiger partial charge in [-0.2, -0.15) is 13.2 Å². The van der Waals surface area contributed by atoms with E-state index in [0.29, 0.717) is 18.5 Å². The van der Waals surface area contributed by atoms with Crippen LogP contribution in [0.25, 0.3) is 0 Å². The van der Waals surface area contributed by atoms with Gasteiger partial charge in [0.15, 0.2) is 0 Å². The topological polar surface area (TPSA) is 23.5 Å². The molecular weight excluding hydrogens is 262 g/mol. The minimum atomic E-state index is -4.18. The fourth-order valence-electron chi connectivity index (χ4n) is 2.45. The van der Waals surface area contributed by atoms with Crippen molar-refractivity contribution in [3.8, 4) is 5.75 Å². The summed E-state index contributed by atoms with van der Waals surface area (Å²) < 4.78 is 51.1. The predicted octanol–water partition coefficient (Wildman–Crippen LogP) is 3.31. The molecule has 0 amide bonds. The third-order valence-electron chi connectivity index (χ3n) is 3.32. The van der Waals surface area contributed by atoms with E-state index in [1.165, 1.54) is 12.1 Å². The Balaban J connectivity index is 2.02. The van der Waals surface area contributed by atoms with Crippen LogP contribution in [-0.2, 0) is 6.54 Å². The molecule has 0 aliphatic carbocycles. The first-order valence-corrected chi connectivity index (χ1v) is 6.12. The minimum Gasteiger partial charge on any atom is -0.508 e. The van der Waals surface area contributed by atoms with Crippen LogP contribution in [0.4, 0.5) is 17.6 Å². The van der Waals surface area contributed by atoms with Gasteiger partial charge in [0.1, 0.15) is 11.6 Å². The van der Waals surface area contributed by atoms with Crippen molar-refractivity contribution in [2.75, 3.05) is 13.1 Å². The minimum absolute atomic E-state index is 0.0687. The molecule has 0 saturated carbocycles. The zero-order valence-electron chi connectivity index (χ0n) is 10.3. The first-order chi connectivity index (χ1) is 8.84. The van der Waals surface area contributed by atoms with Crippen LogP contribution in [0, 0.1) is 11.7 Å². The van der Waals surface area contributed by atoms with Crippen molar-refractivity contribution in [1.29, 1.82) is 0 Å². The number of halogens is 4. The van der Waals surface area contributed by atoms with E-state index >= 15 is 0 Å². The van der Waals surface area contributed by atoms with Crippen LogP contribution in [0.1, 0.15) is 18.4 Å². The smallest absolute Gasteiger partial charge is 0.393 e. The van der Waals surface area contributed by atoms with Gasteiger partial charge < -0.3 is 5.11 Å². The highest BCUT2D eigenvalue weighted by molar-refractivity contribution is 5.28. The van der Waals surface area contributed by atoms with Crippen LogP contribution < -0.4 is 0 Å². The quantitative estimate of drug-likeness (QED) is 0.838. The van der Waals surface area contributed by atoms with E-state index < -0.39 is 17.9 Å². The summed E-state index contributed by atoms with van der Waals surface area (Å²) in [5, 5.41) is 9.27. The van der Waals surface area contributed by atoms with Gasteiger partial charge in [0.2, 0.25) is 0 Å². The zero-order valence-corrected chi connectivity index (χ0v) is 10.3. The number of likely N-dealkylation sites (tertiary alicyclic amines) is 1.